The maximum atomic E-state index is 12.6. The fourth-order valence-electron chi connectivity index (χ4n) is 3.30. The van der Waals surface area contributed by atoms with Gasteiger partial charge in [-0.3, -0.25) is 0 Å². The van der Waals surface area contributed by atoms with Gasteiger partial charge >= 0.3 is 0 Å². The third-order valence-corrected chi connectivity index (χ3v) is 6.18. The molecule has 2 aliphatic rings. The highest BCUT2D eigenvalue weighted by atomic mass is 32.2. The van der Waals surface area contributed by atoms with Crippen molar-refractivity contribution in [2.75, 3.05) is 22.5 Å². The number of hydrogen-bond donors (Lipinski definition) is 4. The number of rotatable bonds is 6. The van der Waals surface area contributed by atoms with Crippen molar-refractivity contribution in [3.05, 3.63) is 35.4 Å². The third kappa shape index (κ3) is 6.18. The second-order valence-corrected chi connectivity index (χ2v) is 8.82. The molecule has 0 amide bonds. The molecule has 0 radical (unpaired) electrons. The summed E-state index contributed by atoms with van der Waals surface area (Å²) in [6.45, 7) is 2.10. The molecule has 2 unspecified atom stereocenters. The first-order chi connectivity index (χ1) is 14.4. The van der Waals surface area contributed by atoms with E-state index in [1.165, 1.54) is 12.1 Å². The maximum absolute atomic E-state index is 12.6. The van der Waals surface area contributed by atoms with Gasteiger partial charge < -0.3 is 21.9 Å². The molecule has 2 saturated carbocycles. The van der Waals surface area contributed by atoms with E-state index in [2.05, 4.69) is 22.2 Å². The molecule has 0 spiro atoms. The fraction of sp³-hybridized carbons (Fsp3) is 0.524. The Hall–Kier alpha value is -2.13. The van der Waals surface area contributed by atoms with Gasteiger partial charge in [-0.15, -0.1) is 0 Å². The van der Waals surface area contributed by atoms with E-state index >= 15 is 0 Å². The SMILES string of the molecule is CCCSc1nc(N)c(N)c(NC2CCC(O)C2)n1.Fc1ccc(C2CC2)cc1F. The lowest BCUT2D eigenvalue weighted by atomic mass is 10.1. The van der Waals surface area contributed by atoms with Crippen molar-refractivity contribution < 1.29 is 13.9 Å². The molecule has 2 aromatic rings. The van der Waals surface area contributed by atoms with Crippen LogP contribution in [-0.2, 0) is 0 Å². The van der Waals surface area contributed by atoms with Crippen LogP contribution in [0.1, 0.15) is 56.9 Å². The Morgan fingerprint density at radius 2 is 1.90 bits per heavy atom. The average Bonchev–Trinajstić information content (AvgIpc) is 3.49. The van der Waals surface area contributed by atoms with Gasteiger partial charge in [-0.2, -0.15) is 0 Å². The maximum Gasteiger partial charge on any atom is 0.191 e. The van der Waals surface area contributed by atoms with Crippen LogP contribution in [0.3, 0.4) is 0 Å². The summed E-state index contributed by atoms with van der Waals surface area (Å²) in [4.78, 5) is 8.59. The van der Waals surface area contributed by atoms with Gasteiger partial charge in [0.1, 0.15) is 5.69 Å². The zero-order chi connectivity index (χ0) is 21.7. The summed E-state index contributed by atoms with van der Waals surface area (Å²) < 4.78 is 25.0. The van der Waals surface area contributed by atoms with Crippen LogP contribution in [0.5, 0.6) is 0 Å². The Morgan fingerprint density at radius 1 is 1.13 bits per heavy atom. The van der Waals surface area contributed by atoms with Crippen molar-refractivity contribution >= 4 is 29.1 Å². The zero-order valence-corrected chi connectivity index (χ0v) is 17.9. The van der Waals surface area contributed by atoms with E-state index in [4.69, 9.17) is 11.5 Å². The number of hydrogen-bond acceptors (Lipinski definition) is 7. The molecule has 0 bridgehead atoms. The van der Waals surface area contributed by atoms with E-state index in [1.54, 1.807) is 17.8 Å². The number of nitrogen functional groups attached to an aromatic ring is 2. The molecule has 1 heterocycles. The lowest BCUT2D eigenvalue weighted by Crippen LogP contribution is -2.19. The molecular weight excluding hydrogens is 408 g/mol. The highest BCUT2D eigenvalue weighted by Gasteiger charge is 2.25. The van der Waals surface area contributed by atoms with Crippen LogP contribution in [0.4, 0.5) is 26.1 Å². The molecule has 164 valence electrons. The predicted octanol–water partition coefficient (Wildman–Crippen LogP) is 4.31. The monoisotopic (exact) mass is 437 g/mol. The molecular formula is C21H29F2N5OS. The van der Waals surface area contributed by atoms with Crippen molar-refractivity contribution in [1.29, 1.82) is 0 Å². The first-order valence-corrected chi connectivity index (χ1v) is 11.3. The molecule has 0 saturated heterocycles. The number of nitrogens with two attached hydrogens (primary N) is 2. The number of anilines is 3. The summed E-state index contributed by atoms with van der Waals surface area (Å²) in [5, 5.41) is 13.5. The number of nitrogens with one attached hydrogen (secondary N) is 1. The molecule has 2 atom stereocenters. The van der Waals surface area contributed by atoms with E-state index in [1.807, 2.05) is 0 Å². The van der Waals surface area contributed by atoms with Gasteiger partial charge in [-0.1, -0.05) is 24.8 Å². The lowest BCUT2D eigenvalue weighted by Gasteiger charge is -2.16. The second-order valence-electron chi connectivity index (χ2n) is 7.76. The van der Waals surface area contributed by atoms with Crippen molar-refractivity contribution in [3.8, 4) is 0 Å². The van der Waals surface area contributed by atoms with Gasteiger partial charge in [0, 0.05) is 11.8 Å². The number of halogens is 2. The number of aromatic nitrogens is 2. The Balaban J connectivity index is 0.000000196. The standard InChI is InChI=1S/C12H21N5OS.C9H8F2/c1-2-5-19-12-16-10(14)9(13)11(17-12)15-7-3-4-8(18)6-7;10-8-4-3-7(5-9(8)11)6-1-2-6/h7-8,18H,2-6,13H2,1H3,(H3,14,15,16,17);3-6H,1-2H2. The minimum absolute atomic E-state index is 0.204. The van der Waals surface area contributed by atoms with Gasteiger partial charge in [0.05, 0.1) is 6.10 Å². The molecule has 0 aliphatic heterocycles. The molecule has 9 heteroatoms. The third-order valence-electron chi connectivity index (χ3n) is 5.13. The summed E-state index contributed by atoms with van der Waals surface area (Å²) in [6.07, 6.45) is 5.51. The molecule has 1 aromatic carbocycles. The number of thioether (sulfide) groups is 1. The second kappa shape index (κ2) is 10.3. The summed E-state index contributed by atoms with van der Waals surface area (Å²) in [5.41, 5.74) is 13.0. The summed E-state index contributed by atoms with van der Waals surface area (Å²) >= 11 is 1.57. The number of aliphatic hydroxyl groups excluding tert-OH is 1. The van der Waals surface area contributed by atoms with Gasteiger partial charge in [0.2, 0.25) is 0 Å². The first kappa shape index (κ1) is 22.6. The summed E-state index contributed by atoms with van der Waals surface area (Å²) in [5.74, 6) is 0.860. The van der Waals surface area contributed by atoms with Crippen LogP contribution in [0, 0.1) is 11.6 Å². The van der Waals surface area contributed by atoms with Gasteiger partial charge in [-0.25, -0.2) is 18.7 Å². The van der Waals surface area contributed by atoms with Crippen LogP contribution < -0.4 is 16.8 Å². The van der Waals surface area contributed by atoms with E-state index < -0.39 is 11.6 Å². The van der Waals surface area contributed by atoms with Crippen LogP contribution in [0.15, 0.2) is 23.4 Å². The smallest absolute Gasteiger partial charge is 0.191 e. The topological polar surface area (TPSA) is 110 Å². The van der Waals surface area contributed by atoms with E-state index in [0.717, 1.165) is 49.8 Å². The van der Waals surface area contributed by atoms with Gasteiger partial charge in [0.15, 0.2) is 28.4 Å². The summed E-state index contributed by atoms with van der Waals surface area (Å²) in [6, 6.07) is 4.36. The Morgan fingerprint density at radius 3 is 2.50 bits per heavy atom. The van der Waals surface area contributed by atoms with Crippen LogP contribution >= 0.6 is 11.8 Å². The number of benzene rings is 1. The molecule has 2 fully saturated rings. The van der Waals surface area contributed by atoms with E-state index in [9.17, 15) is 13.9 Å². The molecule has 2 aliphatic carbocycles. The highest BCUT2D eigenvalue weighted by Crippen LogP contribution is 2.40. The minimum Gasteiger partial charge on any atom is -0.393 e. The number of nitrogens with zero attached hydrogens (tertiary/aromatic N) is 2. The van der Waals surface area contributed by atoms with E-state index in [0.29, 0.717) is 28.4 Å². The van der Waals surface area contributed by atoms with Gasteiger partial charge in [0.25, 0.3) is 0 Å². The van der Waals surface area contributed by atoms with Crippen molar-refractivity contribution in [1.82, 2.24) is 9.97 Å². The largest absolute Gasteiger partial charge is 0.393 e. The first-order valence-electron chi connectivity index (χ1n) is 10.3. The zero-order valence-electron chi connectivity index (χ0n) is 17.1. The summed E-state index contributed by atoms with van der Waals surface area (Å²) in [7, 11) is 0. The Labute approximate surface area is 179 Å². The lowest BCUT2D eigenvalue weighted by molar-refractivity contribution is 0.182. The molecule has 6 N–H and O–H groups in total. The predicted molar refractivity (Wildman–Crippen MR) is 117 cm³/mol. The quantitative estimate of drug-likeness (QED) is 0.394. The molecule has 4 rings (SSSR count). The van der Waals surface area contributed by atoms with Crippen molar-refractivity contribution in [3.63, 3.8) is 0 Å². The highest BCUT2D eigenvalue weighted by molar-refractivity contribution is 7.99. The van der Waals surface area contributed by atoms with Crippen molar-refractivity contribution in [2.24, 2.45) is 0 Å². The van der Waals surface area contributed by atoms with E-state index in [-0.39, 0.29) is 12.1 Å². The normalized spacial score (nSPS) is 20.5. The average molecular weight is 438 g/mol. The van der Waals surface area contributed by atoms with Crippen molar-refractivity contribution in [2.45, 2.75) is 68.7 Å². The Bertz CT molecular complexity index is 866. The molecule has 30 heavy (non-hydrogen) atoms. The number of aliphatic hydroxyl groups is 1. The fourth-order valence-corrected chi connectivity index (χ4v) is 4.00. The van der Waals surface area contributed by atoms with Crippen LogP contribution in [0.2, 0.25) is 0 Å². The van der Waals surface area contributed by atoms with Gasteiger partial charge in [-0.05, 0) is 62.1 Å². The Kier molecular flexibility index (Phi) is 7.71. The van der Waals surface area contributed by atoms with Crippen LogP contribution in [-0.4, -0.2) is 33.0 Å². The minimum atomic E-state index is -0.755. The molecule has 1 aromatic heterocycles. The van der Waals surface area contributed by atoms with Crippen LogP contribution in [0.25, 0.3) is 0 Å². The molecule has 6 nitrogen and oxygen atoms in total.